The molecule has 4 aromatic rings. The number of nitrogens with zero attached hydrogens (tertiary/aromatic N) is 4. The molecule has 5 nitrogen and oxygen atoms in total. The molecule has 0 spiro atoms. The fourth-order valence-corrected chi connectivity index (χ4v) is 4.99. The van der Waals surface area contributed by atoms with Gasteiger partial charge in [0.05, 0.1) is 36.9 Å². The minimum atomic E-state index is 0.694. The molecule has 33 heavy (non-hydrogen) atoms. The van der Waals surface area contributed by atoms with E-state index in [2.05, 4.69) is 47.4 Å². The van der Waals surface area contributed by atoms with Gasteiger partial charge in [-0.3, -0.25) is 4.90 Å². The summed E-state index contributed by atoms with van der Waals surface area (Å²) in [5, 5.41) is 11.5. The van der Waals surface area contributed by atoms with Crippen LogP contribution < -0.4 is 0 Å². The molecule has 1 aliphatic heterocycles. The van der Waals surface area contributed by atoms with Crippen molar-refractivity contribution in [2.24, 2.45) is 0 Å². The van der Waals surface area contributed by atoms with Crippen LogP contribution in [0.15, 0.2) is 77.8 Å². The number of ether oxygens (including phenoxy) is 1. The van der Waals surface area contributed by atoms with Crippen molar-refractivity contribution < 1.29 is 4.74 Å². The Bertz CT molecular complexity index is 1290. The lowest BCUT2D eigenvalue weighted by molar-refractivity contribution is 0.0330. The van der Waals surface area contributed by atoms with Crippen LogP contribution in [0.2, 0.25) is 0 Å². The molecule has 0 saturated carbocycles. The third-order valence-corrected chi connectivity index (χ3v) is 6.83. The third kappa shape index (κ3) is 5.07. The van der Waals surface area contributed by atoms with Gasteiger partial charge in [-0.1, -0.05) is 60.7 Å². The molecule has 2 heterocycles. The highest BCUT2D eigenvalue weighted by Crippen LogP contribution is 2.30. The Labute approximate surface area is 198 Å². The van der Waals surface area contributed by atoms with Gasteiger partial charge in [-0.05, 0) is 28.8 Å². The minimum Gasteiger partial charge on any atom is -0.379 e. The predicted molar refractivity (Wildman–Crippen MR) is 132 cm³/mol. The number of fused-ring (bicyclic) bond motifs is 1. The summed E-state index contributed by atoms with van der Waals surface area (Å²) in [6, 6.07) is 26.7. The number of hydrogen-bond acceptors (Lipinski definition) is 6. The predicted octanol–water partition coefficient (Wildman–Crippen LogP) is 5.29. The number of morpholine rings is 1. The molecule has 0 radical (unpaired) electrons. The molecule has 5 rings (SSSR count). The van der Waals surface area contributed by atoms with E-state index in [-0.39, 0.29) is 0 Å². The minimum absolute atomic E-state index is 0.694. The summed E-state index contributed by atoms with van der Waals surface area (Å²) in [7, 11) is 0. The molecule has 164 valence electrons. The summed E-state index contributed by atoms with van der Waals surface area (Å²) in [6.45, 7) is 4.11. The fourth-order valence-electron chi connectivity index (χ4n) is 4.00. The molecule has 0 amide bonds. The maximum absolute atomic E-state index is 9.38. The van der Waals surface area contributed by atoms with Gasteiger partial charge < -0.3 is 4.74 Å². The van der Waals surface area contributed by atoms with E-state index in [1.165, 1.54) is 5.56 Å². The second kappa shape index (κ2) is 10.1. The fraction of sp³-hybridized carbons (Fsp3) is 0.222. The molecule has 0 N–H and O–H groups in total. The molecule has 0 unspecified atom stereocenters. The molecular formula is C27H24N4OS. The lowest BCUT2D eigenvalue weighted by Gasteiger charge is -2.25. The molecule has 1 aromatic heterocycles. The van der Waals surface area contributed by atoms with Gasteiger partial charge in [0, 0.05) is 24.2 Å². The lowest BCUT2D eigenvalue weighted by Crippen LogP contribution is -2.36. The zero-order valence-corrected chi connectivity index (χ0v) is 19.1. The smallest absolute Gasteiger partial charge is 0.144 e. The van der Waals surface area contributed by atoms with Crippen LogP contribution in [-0.4, -0.2) is 41.2 Å². The van der Waals surface area contributed by atoms with Crippen LogP contribution in [0.5, 0.6) is 0 Å². The molecule has 6 heteroatoms. The number of nitriles is 1. The molecule has 1 saturated heterocycles. The first-order valence-corrected chi connectivity index (χ1v) is 12.1. The van der Waals surface area contributed by atoms with Crippen molar-refractivity contribution >= 4 is 22.7 Å². The maximum atomic E-state index is 9.38. The highest BCUT2D eigenvalue weighted by molar-refractivity contribution is 7.98. The molecule has 0 bridgehead atoms. The number of thioether (sulfide) groups is 1. The summed E-state index contributed by atoms with van der Waals surface area (Å²) in [5.74, 6) is 1.68. The maximum Gasteiger partial charge on any atom is 0.144 e. The van der Waals surface area contributed by atoms with E-state index in [4.69, 9.17) is 14.7 Å². The molecule has 3 aromatic carbocycles. The van der Waals surface area contributed by atoms with E-state index in [9.17, 15) is 5.26 Å². The summed E-state index contributed by atoms with van der Waals surface area (Å²) >= 11 is 1.74. The first-order chi connectivity index (χ1) is 16.3. The average molecular weight is 453 g/mol. The Hall–Kier alpha value is -3.24. The zero-order chi connectivity index (χ0) is 22.5. The van der Waals surface area contributed by atoms with Crippen LogP contribution >= 0.6 is 11.8 Å². The van der Waals surface area contributed by atoms with E-state index in [0.717, 1.165) is 71.5 Å². The van der Waals surface area contributed by atoms with Crippen LogP contribution in [0.25, 0.3) is 22.0 Å². The van der Waals surface area contributed by atoms with Crippen molar-refractivity contribution in [1.29, 1.82) is 5.26 Å². The lowest BCUT2D eigenvalue weighted by atomic mass is 10.00. The van der Waals surface area contributed by atoms with Crippen LogP contribution in [0.1, 0.15) is 17.0 Å². The summed E-state index contributed by atoms with van der Waals surface area (Å²) < 4.78 is 5.47. The number of benzene rings is 3. The second-order valence-electron chi connectivity index (χ2n) is 7.99. The Morgan fingerprint density at radius 2 is 1.67 bits per heavy atom. The monoisotopic (exact) mass is 452 g/mol. The van der Waals surface area contributed by atoms with E-state index in [1.54, 1.807) is 11.8 Å². The van der Waals surface area contributed by atoms with Gasteiger partial charge in [-0.25, -0.2) is 9.97 Å². The van der Waals surface area contributed by atoms with Crippen molar-refractivity contribution in [3.05, 3.63) is 89.7 Å². The van der Waals surface area contributed by atoms with Crippen molar-refractivity contribution in [2.45, 2.75) is 17.3 Å². The Morgan fingerprint density at radius 1 is 0.909 bits per heavy atom. The van der Waals surface area contributed by atoms with Gasteiger partial charge in [-0.15, -0.1) is 11.8 Å². The molecule has 0 atom stereocenters. The van der Waals surface area contributed by atoms with Gasteiger partial charge in [0.2, 0.25) is 0 Å². The first-order valence-electron chi connectivity index (χ1n) is 11.1. The Morgan fingerprint density at radius 3 is 2.48 bits per heavy atom. The summed E-state index contributed by atoms with van der Waals surface area (Å²) in [6.07, 6.45) is 0. The van der Waals surface area contributed by atoms with Crippen LogP contribution in [0.3, 0.4) is 0 Å². The Kier molecular flexibility index (Phi) is 6.63. The number of rotatable bonds is 6. The largest absolute Gasteiger partial charge is 0.379 e. The molecule has 0 aliphatic carbocycles. The van der Waals surface area contributed by atoms with Crippen molar-refractivity contribution in [3.8, 4) is 17.2 Å². The van der Waals surface area contributed by atoms with Gasteiger partial charge in [-0.2, -0.15) is 5.26 Å². The number of hydrogen-bond donors (Lipinski definition) is 0. The van der Waals surface area contributed by atoms with E-state index in [1.807, 2.05) is 36.4 Å². The normalized spacial score (nSPS) is 14.3. The molecule has 1 fully saturated rings. The summed E-state index contributed by atoms with van der Waals surface area (Å²) in [4.78, 5) is 12.1. The average Bonchev–Trinajstić information content (AvgIpc) is 2.88. The SMILES string of the molecule is N#Cc1ccccc1-c1ccc(CSc2nc(CN3CCOCC3)nc3ccccc23)cc1. The third-order valence-electron chi connectivity index (χ3n) is 5.77. The highest BCUT2D eigenvalue weighted by Gasteiger charge is 2.15. The van der Waals surface area contributed by atoms with Crippen LogP contribution in [0.4, 0.5) is 0 Å². The standard InChI is InChI=1S/C27H24N4OS/c28-17-22-5-1-2-6-23(22)21-11-9-20(10-12-21)19-33-27-24-7-3-4-8-25(24)29-26(30-27)18-31-13-15-32-16-14-31/h1-12H,13-16,18-19H2. The van der Waals surface area contributed by atoms with E-state index >= 15 is 0 Å². The number of para-hydroxylation sites is 1. The van der Waals surface area contributed by atoms with Crippen molar-refractivity contribution in [3.63, 3.8) is 0 Å². The van der Waals surface area contributed by atoms with Gasteiger partial charge >= 0.3 is 0 Å². The highest BCUT2D eigenvalue weighted by atomic mass is 32.2. The van der Waals surface area contributed by atoms with Crippen molar-refractivity contribution in [2.75, 3.05) is 26.3 Å². The van der Waals surface area contributed by atoms with Gasteiger partial charge in [0.25, 0.3) is 0 Å². The van der Waals surface area contributed by atoms with Crippen LogP contribution in [0, 0.1) is 11.3 Å². The van der Waals surface area contributed by atoms with Crippen LogP contribution in [-0.2, 0) is 17.0 Å². The van der Waals surface area contributed by atoms with Gasteiger partial charge in [0.15, 0.2) is 0 Å². The first kappa shape index (κ1) is 21.6. The molecule has 1 aliphatic rings. The van der Waals surface area contributed by atoms with E-state index < -0.39 is 0 Å². The van der Waals surface area contributed by atoms with Gasteiger partial charge in [0.1, 0.15) is 10.9 Å². The van der Waals surface area contributed by atoms with Crippen molar-refractivity contribution in [1.82, 2.24) is 14.9 Å². The second-order valence-corrected chi connectivity index (χ2v) is 8.96. The summed E-state index contributed by atoms with van der Waals surface area (Å²) in [5.41, 5.74) is 4.92. The van der Waals surface area contributed by atoms with E-state index in [0.29, 0.717) is 5.56 Å². The number of aromatic nitrogens is 2. The molecular weight excluding hydrogens is 428 g/mol. The zero-order valence-electron chi connectivity index (χ0n) is 18.3. The Balaban J connectivity index is 1.35. The quantitative estimate of drug-likeness (QED) is 0.292. The topological polar surface area (TPSA) is 62.0 Å².